The average Bonchev–Trinajstić information content (AvgIpc) is 2.74. The summed E-state index contributed by atoms with van der Waals surface area (Å²) in [5.41, 5.74) is 2.06. The van der Waals surface area contributed by atoms with E-state index >= 15 is 0 Å². The van der Waals surface area contributed by atoms with Crippen LogP contribution in [0.4, 0.5) is 11.4 Å². The van der Waals surface area contributed by atoms with E-state index in [1.807, 2.05) is 49.6 Å². The van der Waals surface area contributed by atoms with E-state index in [1.54, 1.807) is 11.8 Å². The van der Waals surface area contributed by atoms with Crippen LogP contribution in [0.15, 0.2) is 53.4 Å². The van der Waals surface area contributed by atoms with Gasteiger partial charge in [0.25, 0.3) is 0 Å². The maximum absolute atomic E-state index is 12.4. The van der Waals surface area contributed by atoms with E-state index in [4.69, 9.17) is 4.74 Å². The first-order valence-electron chi connectivity index (χ1n) is 9.83. The Morgan fingerprint density at radius 2 is 1.79 bits per heavy atom. The van der Waals surface area contributed by atoms with Gasteiger partial charge in [-0.1, -0.05) is 24.3 Å². The number of ether oxygens (including phenoxy) is 1. The topological polar surface area (TPSA) is 44.8 Å². The third-order valence-electron chi connectivity index (χ3n) is 4.91. The van der Waals surface area contributed by atoms with Crippen LogP contribution < -0.4 is 15.0 Å². The van der Waals surface area contributed by atoms with E-state index in [2.05, 4.69) is 27.2 Å². The van der Waals surface area contributed by atoms with Crippen molar-refractivity contribution >= 4 is 29.0 Å². The number of carbonyl (C=O) groups excluding carboxylic acids is 1. The first-order valence-corrected chi connectivity index (χ1v) is 11.1. The molecule has 3 rings (SSSR count). The quantitative estimate of drug-likeness (QED) is 0.681. The van der Waals surface area contributed by atoms with Gasteiger partial charge >= 0.3 is 0 Å². The Morgan fingerprint density at radius 3 is 2.54 bits per heavy atom. The fourth-order valence-electron chi connectivity index (χ4n) is 3.43. The number of hydrogen-bond donors (Lipinski definition) is 1. The molecule has 1 aliphatic heterocycles. The van der Waals surface area contributed by atoms with Crippen LogP contribution in [0.5, 0.6) is 5.75 Å². The van der Waals surface area contributed by atoms with Gasteiger partial charge in [-0.3, -0.25) is 9.69 Å². The van der Waals surface area contributed by atoms with Crippen molar-refractivity contribution in [2.75, 3.05) is 55.8 Å². The molecule has 150 valence electrons. The molecule has 5 nitrogen and oxygen atoms in total. The Kier molecular flexibility index (Phi) is 7.62. The van der Waals surface area contributed by atoms with E-state index in [1.165, 1.54) is 0 Å². The maximum atomic E-state index is 12.4. The largest absolute Gasteiger partial charge is 0.492 e. The first-order chi connectivity index (χ1) is 13.7. The maximum Gasteiger partial charge on any atom is 0.225 e. The number of nitrogens with zero attached hydrogens (tertiary/aromatic N) is 2. The minimum atomic E-state index is 0.0746. The smallest absolute Gasteiger partial charge is 0.225 e. The number of amides is 1. The molecule has 1 amide bonds. The Hall–Kier alpha value is -2.18. The van der Waals surface area contributed by atoms with Gasteiger partial charge in [0.2, 0.25) is 5.91 Å². The Morgan fingerprint density at radius 1 is 1.07 bits per heavy atom. The van der Waals surface area contributed by atoms with Crippen molar-refractivity contribution in [1.82, 2.24) is 4.90 Å². The summed E-state index contributed by atoms with van der Waals surface area (Å²) in [4.78, 5) is 18.2. The molecule has 2 aromatic rings. The fraction of sp³-hybridized carbons (Fsp3) is 0.409. The molecule has 1 N–H and O–H groups in total. The zero-order chi connectivity index (χ0) is 19.8. The average molecular weight is 400 g/mol. The fourth-order valence-corrected chi connectivity index (χ4v) is 3.98. The summed E-state index contributed by atoms with van der Waals surface area (Å²) in [6.45, 7) is 7.27. The number of benzene rings is 2. The molecule has 1 saturated heterocycles. The van der Waals surface area contributed by atoms with Gasteiger partial charge in [0.1, 0.15) is 5.75 Å². The number of rotatable bonds is 8. The van der Waals surface area contributed by atoms with E-state index in [0.29, 0.717) is 13.0 Å². The number of nitrogens with one attached hydrogen (secondary N) is 1. The predicted molar refractivity (Wildman–Crippen MR) is 118 cm³/mol. The number of carbonyl (C=O) groups is 1. The summed E-state index contributed by atoms with van der Waals surface area (Å²) in [5, 5.41) is 3.04. The second kappa shape index (κ2) is 10.4. The molecule has 0 bridgehead atoms. The van der Waals surface area contributed by atoms with Crippen molar-refractivity contribution in [1.29, 1.82) is 0 Å². The van der Waals surface area contributed by atoms with Gasteiger partial charge in [0.15, 0.2) is 0 Å². The lowest BCUT2D eigenvalue weighted by Gasteiger charge is -2.36. The molecule has 0 unspecified atom stereocenters. The summed E-state index contributed by atoms with van der Waals surface area (Å²) < 4.78 is 5.76. The van der Waals surface area contributed by atoms with Gasteiger partial charge in [-0.25, -0.2) is 0 Å². The van der Waals surface area contributed by atoms with Crippen LogP contribution in [0.25, 0.3) is 0 Å². The van der Waals surface area contributed by atoms with Crippen LogP contribution in [-0.2, 0) is 4.79 Å². The molecule has 1 heterocycles. The monoisotopic (exact) mass is 399 g/mol. The number of hydrogen-bond acceptors (Lipinski definition) is 5. The van der Waals surface area contributed by atoms with Gasteiger partial charge in [0, 0.05) is 44.0 Å². The van der Waals surface area contributed by atoms with Gasteiger partial charge in [0.05, 0.1) is 18.0 Å². The molecule has 0 atom stereocenters. The molecular weight excluding hydrogens is 370 g/mol. The van der Waals surface area contributed by atoms with Crippen LogP contribution in [-0.4, -0.2) is 56.4 Å². The van der Waals surface area contributed by atoms with Gasteiger partial charge in [-0.15, -0.1) is 11.8 Å². The minimum absolute atomic E-state index is 0.0746. The Bertz CT molecular complexity index is 776. The molecule has 0 radical (unpaired) electrons. The molecule has 28 heavy (non-hydrogen) atoms. The summed E-state index contributed by atoms with van der Waals surface area (Å²) in [6.07, 6.45) is 2.53. The summed E-state index contributed by atoms with van der Waals surface area (Å²) >= 11 is 1.65. The lowest BCUT2D eigenvalue weighted by atomic mass is 10.2. The van der Waals surface area contributed by atoms with E-state index in [0.717, 1.165) is 54.7 Å². The second-order valence-electron chi connectivity index (χ2n) is 6.73. The first kappa shape index (κ1) is 20.6. The Labute approximate surface area is 172 Å². The SMILES string of the molecule is CCOc1ccccc1N1CCN(CCC(=O)Nc2ccccc2SC)CC1. The van der Waals surface area contributed by atoms with E-state index in [9.17, 15) is 4.79 Å². The number of thioether (sulfide) groups is 1. The normalized spacial score (nSPS) is 14.7. The van der Waals surface area contributed by atoms with Crippen molar-refractivity contribution in [3.05, 3.63) is 48.5 Å². The standard InChI is InChI=1S/C22H29N3O2S/c1-3-27-20-10-6-5-9-19(20)25-16-14-24(15-17-25)13-12-22(26)23-18-8-4-7-11-21(18)28-2/h4-11H,3,12-17H2,1-2H3,(H,23,26). The van der Waals surface area contributed by atoms with Crippen molar-refractivity contribution in [2.24, 2.45) is 0 Å². The molecule has 0 aromatic heterocycles. The molecule has 1 fully saturated rings. The molecule has 2 aromatic carbocycles. The third-order valence-corrected chi connectivity index (χ3v) is 5.71. The molecule has 0 aliphatic carbocycles. The van der Waals surface area contributed by atoms with E-state index < -0.39 is 0 Å². The van der Waals surface area contributed by atoms with Gasteiger partial charge in [-0.2, -0.15) is 0 Å². The number of anilines is 2. The van der Waals surface area contributed by atoms with Crippen molar-refractivity contribution < 1.29 is 9.53 Å². The highest BCUT2D eigenvalue weighted by atomic mass is 32.2. The number of para-hydroxylation sites is 3. The molecule has 1 aliphatic rings. The zero-order valence-corrected chi connectivity index (χ0v) is 17.5. The molecule has 0 spiro atoms. The summed E-state index contributed by atoms with van der Waals surface area (Å²) in [6, 6.07) is 16.1. The molecule has 6 heteroatoms. The lowest BCUT2D eigenvalue weighted by Crippen LogP contribution is -2.47. The van der Waals surface area contributed by atoms with Crippen molar-refractivity contribution in [3.8, 4) is 5.75 Å². The second-order valence-corrected chi connectivity index (χ2v) is 7.58. The minimum Gasteiger partial charge on any atom is -0.492 e. The van der Waals surface area contributed by atoms with Crippen LogP contribution in [0, 0.1) is 0 Å². The Balaban J connectivity index is 1.46. The van der Waals surface area contributed by atoms with Gasteiger partial charge in [-0.05, 0) is 37.4 Å². The van der Waals surface area contributed by atoms with Crippen molar-refractivity contribution in [2.45, 2.75) is 18.2 Å². The molecule has 0 saturated carbocycles. The van der Waals surface area contributed by atoms with Crippen LogP contribution in [0.3, 0.4) is 0 Å². The highest BCUT2D eigenvalue weighted by molar-refractivity contribution is 7.98. The van der Waals surface area contributed by atoms with Crippen molar-refractivity contribution in [3.63, 3.8) is 0 Å². The van der Waals surface area contributed by atoms with Crippen LogP contribution >= 0.6 is 11.8 Å². The lowest BCUT2D eigenvalue weighted by molar-refractivity contribution is -0.116. The summed E-state index contributed by atoms with van der Waals surface area (Å²) in [7, 11) is 0. The predicted octanol–water partition coefficient (Wildman–Crippen LogP) is 3.96. The van der Waals surface area contributed by atoms with Crippen LogP contribution in [0.1, 0.15) is 13.3 Å². The highest BCUT2D eigenvalue weighted by Gasteiger charge is 2.20. The van der Waals surface area contributed by atoms with Crippen LogP contribution in [0.2, 0.25) is 0 Å². The molecular formula is C22H29N3O2S. The highest BCUT2D eigenvalue weighted by Crippen LogP contribution is 2.29. The summed E-state index contributed by atoms with van der Waals surface area (Å²) in [5.74, 6) is 1.02. The zero-order valence-electron chi connectivity index (χ0n) is 16.7. The third kappa shape index (κ3) is 5.42. The van der Waals surface area contributed by atoms with E-state index in [-0.39, 0.29) is 5.91 Å². The van der Waals surface area contributed by atoms with Gasteiger partial charge < -0.3 is 15.0 Å². The number of piperazine rings is 1.